The number of aromatic nitrogens is 2. The van der Waals surface area contributed by atoms with E-state index in [-0.39, 0.29) is 5.56 Å². The minimum atomic E-state index is -0.00832. The number of H-pyrrole nitrogens is 1. The zero-order chi connectivity index (χ0) is 20.8. The lowest BCUT2D eigenvalue weighted by Crippen LogP contribution is -2.30. The highest BCUT2D eigenvalue weighted by molar-refractivity contribution is 7.71. The van der Waals surface area contributed by atoms with Gasteiger partial charge in [-0.25, -0.2) is 0 Å². The van der Waals surface area contributed by atoms with Gasteiger partial charge in [-0.05, 0) is 66.9 Å². The highest BCUT2D eigenvalue weighted by atomic mass is 32.1. The van der Waals surface area contributed by atoms with Crippen LogP contribution in [0.1, 0.15) is 27.1 Å². The van der Waals surface area contributed by atoms with Crippen LogP contribution in [0.4, 0.5) is 0 Å². The Balaban J connectivity index is 1.56. The van der Waals surface area contributed by atoms with Crippen LogP contribution in [0.3, 0.4) is 0 Å². The molecule has 30 heavy (non-hydrogen) atoms. The average Bonchev–Trinajstić information content (AvgIpc) is 3.09. The number of fused-ring (bicyclic) bond motifs is 3. The molecule has 0 unspecified atom stereocenters. The van der Waals surface area contributed by atoms with Crippen LogP contribution in [-0.4, -0.2) is 21.0 Å². The molecule has 0 atom stereocenters. The molecule has 1 aliphatic heterocycles. The summed E-state index contributed by atoms with van der Waals surface area (Å²) in [5.74, 6) is 0. The van der Waals surface area contributed by atoms with Gasteiger partial charge in [0.15, 0.2) is 4.77 Å². The lowest BCUT2D eigenvalue weighted by Gasteiger charge is -2.26. The zero-order valence-corrected chi connectivity index (χ0v) is 18.7. The molecule has 0 spiro atoms. The van der Waals surface area contributed by atoms with Gasteiger partial charge in [0.05, 0.1) is 11.1 Å². The molecular formula is C24H23N3OS2. The molecule has 4 aromatic rings. The maximum atomic E-state index is 13.5. The van der Waals surface area contributed by atoms with E-state index in [4.69, 9.17) is 12.2 Å². The SMILES string of the molecule is Cc1ccc(-n2c(=S)[nH]c3sc4c(c3c2=O)CCN(Cc2ccccc2)C4)cc1C. The molecule has 1 N–H and O–H groups in total. The maximum Gasteiger partial charge on any atom is 0.267 e. The number of thiophene rings is 1. The Morgan fingerprint density at radius 1 is 1.10 bits per heavy atom. The lowest BCUT2D eigenvalue weighted by molar-refractivity contribution is 0.249. The highest BCUT2D eigenvalue weighted by Gasteiger charge is 2.24. The smallest absolute Gasteiger partial charge is 0.267 e. The second-order valence-electron chi connectivity index (χ2n) is 7.99. The van der Waals surface area contributed by atoms with Crippen molar-refractivity contribution in [2.45, 2.75) is 33.4 Å². The number of hydrogen-bond acceptors (Lipinski definition) is 4. The Labute approximate surface area is 184 Å². The van der Waals surface area contributed by atoms with Crippen LogP contribution >= 0.6 is 23.6 Å². The fourth-order valence-electron chi connectivity index (χ4n) is 4.20. The van der Waals surface area contributed by atoms with Crippen LogP contribution in [0.25, 0.3) is 15.9 Å². The first-order chi connectivity index (χ1) is 14.5. The van der Waals surface area contributed by atoms with Gasteiger partial charge in [-0.15, -0.1) is 11.3 Å². The van der Waals surface area contributed by atoms with E-state index in [1.807, 2.05) is 24.3 Å². The van der Waals surface area contributed by atoms with Crippen LogP contribution in [0.15, 0.2) is 53.3 Å². The summed E-state index contributed by atoms with van der Waals surface area (Å²) in [4.78, 5) is 21.5. The van der Waals surface area contributed by atoms with Gasteiger partial charge in [0.25, 0.3) is 5.56 Å². The summed E-state index contributed by atoms with van der Waals surface area (Å²) >= 11 is 7.25. The topological polar surface area (TPSA) is 41.0 Å². The quantitative estimate of drug-likeness (QED) is 0.447. The molecule has 0 amide bonds. The van der Waals surface area contributed by atoms with Gasteiger partial charge in [-0.3, -0.25) is 14.3 Å². The van der Waals surface area contributed by atoms with Crippen molar-refractivity contribution in [3.63, 3.8) is 0 Å². The van der Waals surface area contributed by atoms with Crippen molar-refractivity contribution < 1.29 is 0 Å². The Morgan fingerprint density at radius 2 is 1.90 bits per heavy atom. The summed E-state index contributed by atoms with van der Waals surface area (Å²) in [6.45, 7) is 6.88. The fraction of sp³-hybridized carbons (Fsp3) is 0.250. The van der Waals surface area contributed by atoms with Gasteiger partial charge in [0, 0.05) is 24.5 Å². The third-order valence-electron chi connectivity index (χ3n) is 5.97. The largest absolute Gasteiger partial charge is 0.323 e. The van der Waals surface area contributed by atoms with E-state index >= 15 is 0 Å². The second kappa shape index (κ2) is 7.61. The van der Waals surface area contributed by atoms with E-state index in [2.05, 4.69) is 48.0 Å². The maximum absolute atomic E-state index is 13.5. The van der Waals surface area contributed by atoms with Gasteiger partial charge < -0.3 is 4.98 Å². The molecule has 0 aliphatic carbocycles. The van der Waals surface area contributed by atoms with E-state index in [9.17, 15) is 4.79 Å². The monoisotopic (exact) mass is 433 g/mol. The van der Waals surface area contributed by atoms with Gasteiger partial charge in [-0.2, -0.15) is 0 Å². The van der Waals surface area contributed by atoms with Crippen LogP contribution in [0.5, 0.6) is 0 Å². The van der Waals surface area contributed by atoms with Crippen molar-refractivity contribution in [1.82, 2.24) is 14.5 Å². The van der Waals surface area contributed by atoms with Crippen LogP contribution < -0.4 is 5.56 Å². The Bertz CT molecular complexity index is 1370. The third kappa shape index (κ3) is 3.35. The molecule has 0 radical (unpaired) electrons. The average molecular weight is 434 g/mol. The molecule has 0 saturated heterocycles. The van der Waals surface area contributed by atoms with Crippen LogP contribution in [0.2, 0.25) is 0 Å². The van der Waals surface area contributed by atoms with E-state index in [1.165, 1.54) is 21.6 Å². The van der Waals surface area contributed by atoms with Crippen molar-refractivity contribution in [2.24, 2.45) is 0 Å². The number of benzene rings is 2. The number of nitrogens with zero attached hydrogens (tertiary/aromatic N) is 2. The van der Waals surface area contributed by atoms with E-state index < -0.39 is 0 Å². The Hall–Kier alpha value is -2.54. The molecular weight excluding hydrogens is 410 g/mol. The first kappa shape index (κ1) is 19.4. The van der Waals surface area contributed by atoms with Crippen LogP contribution in [-0.2, 0) is 19.5 Å². The van der Waals surface area contributed by atoms with Gasteiger partial charge in [-0.1, -0.05) is 36.4 Å². The zero-order valence-electron chi connectivity index (χ0n) is 17.1. The number of aromatic amines is 1. The third-order valence-corrected chi connectivity index (χ3v) is 7.39. The standard InChI is InChI=1S/C24H23N3OS2/c1-15-8-9-18(12-16(15)2)27-23(28)21-19-10-11-26(13-17-6-4-3-5-7-17)14-20(19)30-22(21)25-24(27)29/h3-9,12H,10-11,13-14H2,1-2H3,(H,25,29). The Kier molecular flexibility index (Phi) is 4.93. The van der Waals surface area contributed by atoms with E-state index in [0.717, 1.165) is 47.5 Å². The van der Waals surface area contributed by atoms with Crippen molar-refractivity contribution in [1.29, 1.82) is 0 Å². The van der Waals surface area contributed by atoms with Crippen molar-refractivity contribution in [3.05, 3.63) is 90.8 Å². The van der Waals surface area contributed by atoms with Gasteiger partial charge in [0.1, 0.15) is 4.83 Å². The molecule has 5 rings (SSSR count). The molecule has 0 bridgehead atoms. The number of nitrogens with one attached hydrogen (secondary N) is 1. The predicted molar refractivity (Wildman–Crippen MR) is 126 cm³/mol. The number of aryl methyl sites for hydroxylation is 2. The number of hydrogen-bond donors (Lipinski definition) is 1. The minimum absolute atomic E-state index is 0.00832. The normalized spacial score (nSPS) is 14.2. The van der Waals surface area contributed by atoms with Crippen molar-refractivity contribution in [3.8, 4) is 5.69 Å². The lowest BCUT2D eigenvalue weighted by atomic mass is 10.0. The first-order valence-electron chi connectivity index (χ1n) is 10.1. The molecule has 2 aromatic heterocycles. The first-order valence-corrected chi connectivity index (χ1v) is 11.4. The predicted octanol–water partition coefficient (Wildman–Crippen LogP) is 5.28. The molecule has 0 saturated carbocycles. The molecule has 0 fully saturated rings. The highest BCUT2D eigenvalue weighted by Crippen LogP contribution is 2.33. The fourth-order valence-corrected chi connectivity index (χ4v) is 5.84. The Morgan fingerprint density at radius 3 is 2.67 bits per heavy atom. The minimum Gasteiger partial charge on any atom is -0.323 e. The van der Waals surface area contributed by atoms with Crippen LogP contribution in [0, 0.1) is 18.6 Å². The summed E-state index contributed by atoms with van der Waals surface area (Å²) in [5.41, 5.74) is 5.68. The van der Waals surface area contributed by atoms with E-state index in [1.54, 1.807) is 15.9 Å². The van der Waals surface area contributed by atoms with Crippen molar-refractivity contribution >= 4 is 33.8 Å². The molecule has 2 aromatic carbocycles. The molecule has 152 valence electrons. The number of rotatable bonds is 3. The summed E-state index contributed by atoms with van der Waals surface area (Å²) in [6.07, 6.45) is 0.884. The molecule has 3 heterocycles. The second-order valence-corrected chi connectivity index (χ2v) is 9.49. The summed E-state index contributed by atoms with van der Waals surface area (Å²) in [7, 11) is 0. The summed E-state index contributed by atoms with van der Waals surface area (Å²) < 4.78 is 2.10. The molecule has 4 nitrogen and oxygen atoms in total. The van der Waals surface area contributed by atoms with Gasteiger partial charge in [0.2, 0.25) is 0 Å². The van der Waals surface area contributed by atoms with E-state index in [0.29, 0.717) is 4.77 Å². The summed E-state index contributed by atoms with van der Waals surface area (Å²) in [5, 5.41) is 0.807. The van der Waals surface area contributed by atoms with Crippen molar-refractivity contribution in [2.75, 3.05) is 6.54 Å². The molecule has 1 aliphatic rings. The molecule has 6 heteroatoms. The summed E-state index contributed by atoms with van der Waals surface area (Å²) in [6, 6.07) is 16.6. The van der Waals surface area contributed by atoms with Gasteiger partial charge >= 0.3 is 0 Å².